The van der Waals surface area contributed by atoms with Crippen molar-refractivity contribution in [2.75, 3.05) is 0 Å². The minimum absolute atomic E-state index is 0.160. The monoisotopic (exact) mass is 311 g/mol. The highest BCUT2D eigenvalue weighted by Crippen LogP contribution is 2.33. The van der Waals surface area contributed by atoms with Gasteiger partial charge in [0, 0.05) is 30.4 Å². The Morgan fingerprint density at radius 2 is 2.04 bits per heavy atom. The molecule has 3 rings (SSSR count). The Bertz CT molecular complexity index is 758. The molecule has 0 spiro atoms. The third kappa shape index (κ3) is 2.78. The van der Waals surface area contributed by atoms with E-state index in [0.29, 0.717) is 13.0 Å². The highest BCUT2D eigenvalue weighted by atomic mass is 16.2. The molecular weight excluding hydrogens is 286 g/mol. The van der Waals surface area contributed by atoms with Gasteiger partial charge in [-0.15, -0.1) is 0 Å². The van der Waals surface area contributed by atoms with Gasteiger partial charge in [-0.05, 0) is 50.8 Å². The fourth-order valence-electron chi connectivity index (χ4n) is 3.48. The lowest BCUT2D eigenvalue weighted by molar-refractivity contribution is -0.137. The van der Waals surface area contributed by atoms with Gasteiger partial charge in [-0.3, -0.25) is 9.48 Å². The number of rotatable bonds is 2. The summed E-state index contributed by atoms with van der Waals surface area (Å²) in [5, 5.41) is 4.24. The number of nitrogens with zero attached hydrogens (tertiary/aromatic N) is 3. The molecule has 122 valence electrons. The largest absolute Gasteiger partial charge is 0.333 e. The molecule has 0 N–H and O–H groups in total. The zero-order chi connectivity index (χ0) is 16.8. The SMILES string of the molecule is Cc1cccc2c1CC(C)(C)N(C(=O)Cc1cnn(C)c1C)C2. The van der Waals surface area contributed by atoms with Gasteiger partial charge in [0.05, 0.1) is 12.6 Å². The van der Waals surface area contributed by atoms with Crippen molar-refractivity contribution in [1.82, 2.24) is 14.7 Å². The van der Waals surface area contributed by atoms with E-state index in [9.17, 15) is 4.79 Å². The summed E-state index contributed by atoms with van der Waals surface area (Å²) in [6.45, 7) is 9.19. The van der Waals surface area contributed by atoms with Gasteiger partial charge >= 0.3 is 0 Å². The summed E-state index contributed by atoms with van der Waals surface area (Å²) in [5.74, 6) is 0.179. The molecule has 2 aromatic rings. The van der Waals surface area contributed by atoms with Gasteiger partial charge in [0.1, 0.15) is 0 Å². The molecule has 0 atom stereocenters. The summed E-state index contributed by atoms with van der Waals surface area (Å²) in [5.41, 5.74) is 5.92. The molecule has 1 aromatic heterocycles. The van der Waals surface area contributed by atoms with Crippen molar-refractivity contribution in [2.24, 2.45) is 7.05 Å². The average Bonchev–Trinajstić information content (AvgIpc) is 2.79. The Labute approximate surface area is 138 Å². The zero-order valence-electron chi connectivity index (χ0n) is 14.7. The van der Waals surface area contributed by atoms with Crippen molar-refractivity contribution >= 4 is 5.91 Å². The number of amides is 1. The van der Waals surface area contributed by atoms with Crippen molar-refractivity contribution in [2.45, 2.75) is 52.6 Å². The van der Waals surface area contributed by atoms with E-state index in [-0.39, 0.29) is 11.4 Å². The van der Waals surface area contributed by atoms with Gasteiger partial charge < -0.3 is 4.90 Å². The summed E-state index contributed by atoms with van der Waals surface area (Å²) < 4.78 is 1.82. The van der Waals surface area contributed by atoms with Gasteiger partial charge in [0.25, 0.3) is 0 Å². The molecule has 0 radical (unpaired) electrons. The van der Waals surface area contributed by atoms with Crippen LogP contribution in [-0.2, 0) is 31.2 Å². The molecule has 0 bridgehead atoms. The van der Waals surface area contributed by atoms with E-state index < -0.39 is 0 Å². The van der Waals surface area contributed by atoms with Crippen molar-refractivity contribution < 1.29 is 4.79 Å². The molecule has 1 aliphatic rings. The minimum atomic E-state index is -0.160. The first kappa shape index (κ1) is 15.8. The summed E-state index contributed by atoms with van der Waals surface area (Å²) in [7, 11) is 1.91. The maximum Gasteiger partial charge on any atom is 0.227 e. The minimum Gasteiger partial charge on any atom is -0.333 e. The van der Waals surface area contributed by atoms with Crippen LogP contribution in [0.2, 0.25) is 0 Å². The number of benzene rings is 1. The van der Waals surface area contributed by atoms with Gasteiger partial charge in [-0.2, -0.15) is 5.10 Å². The Balaban J connectivity index is 1.87. The maximum absolute atomic E-state index is 12.9. The number of aryl methyl sites for hydroxylation is 2. The molecule has 0 unspecified atom stereocenters. The first-order chi connectivity index (χ1) is 10.8. The second-order valence-electron chi connectivity index (χ2n) is 7.24. The quantitative estimate of drug-likeness (QED) is 0.855. The summed E-state index contributed by atoms with van der Waals surface area (Å²) in [6.07, 6.45) is 3.14. The van der Waals surface area contributed by atoms with E-state index in [1.807, 2.05) is 29.7 Å². The van der Waals surface area contributed by atoms with Crippen molar-refractivity contribution in [3.63, 3.8) is 0 Å². The number of fused-ring (bicyclic) bond motifs is 1. The summed E-state index contributed by atoms with van der Waals surface area (Å²) >= 11 is 0. The molecule has 0 saturated carbocycles. The standard InChI is InChI=1S/C19H25N3O/c1-13-7-6-8-15-12-22(19(3,4)10-17(13)15)18(23)9-16-11-20-21(5)14(16)2/h6-8,11H,9-10,12H2,1-5H3. The van der Waals surface area contributed by atoms with Crippen LogP contribution in [0.15, 0.2) is 24.4 Å². The molecule has 1 aliphatic heterocycles. The van der Waals surface area contributed by atoms with Gasteiger partial charge in [-0.25, -0.2) is 0 Å². The maximum atomic E-state index is 12.9. The fraction of sp³-hybridized carbons (Fsp3) is 0.474. The van der Waals surface area contributed by atoms with Crippen LogP contribution in [0, 0.1) is 13.8 Å². The summed E-state index contributed by atoms with van der Waals surface area (Å²) in [6, 6.07) is 6.39. The highest BCUT2D eigenvalue weighted by Gasteiger charge is 2.36. The van der Waals surface area contributed by atoms with Crippen LogP contribution in [0.5, 0.6) is 0 Å². The molecular formula is C19H25N3O. The van der Waals surface area contributed by atoms with E-state index in [1.54, 1.807) is 0 Å². The Hall–Kier alpha value is -2.10. The smallest absolute Gasteiger partial charge is 0.227 e. The summed E-state index contributed by atoms with van der Waals surface area (Å²) in [4.78, 5) is 15.0. The van der Waals surface area contributed by atoms with Crippen LogP contribution in [-0.4, -0.2) is 26.1 Å². The van der Waals surface area contributed by atoms with Gasteiger partial charge in [0.15, 0.2) is 0 Å². The normalized spacial score (nSPS) is 16.3. The lowest BCUT2D eigenvalue weighted by Crippen LogP contribution is -2.52. The zero-order valence-corrected chi connectivity index (χ0v) is 14.7. The van der Waals surface area contributed by atoms with Crippen LogP contribution in [0.1, 0.15) is 41.8 Å². The topological polar surface area (TPSA) is 38.1 Å². The van der Waals surface area contributed by atoms with Crippen molar-refractivity contribution in [1.29, 1.82) is 0 Å². The Morgan fingerprint density at radius 1 is 1.30 bits per heavy atom. The predicted octanol–water partition coefficient (Wildman–Crippen LogP) is 2.94. The number of carbonyl (C=O) groups excluding carboxylic acids is 1. The molecule has 0 saturated heterocycles. The fourth-order valence-corrected chi connectivity index (χ4v) is 3.48. The van der Waals surface area contributed by atoms with E-state index >= 15 is 0 Å². The molecule has 4 nitrogen and oxygen atoms in total. The van der Waals surface area contributed by atoms with E-state index in [0.717, 1.165) is 17.7 Å². The van der Waals surface area contributed by atoms with Crippen molar-refractivity contribution in [3.05, 3.63) is 52.3 Å². The molecule has 23 heavy (non-hydrogen) atoms. The van der Waals surface area contributed by atoms with Gasteiger partial charge in [-0.1, -0.05) is 18.2 Å². The van der Waals surface area contributed by atoms with Crippen LogP contribution in [0.25, 0.3) is 0 Å². The average molecular weight is 311 g/mol. The highest BCUT2D eigenvalue weighted by molar-refractivity contribution is 5.80. The Morgan fingerprint density at radius 3 is 2.70 bits per heavy atom. The van der Waals surface area contributed by atoms with E-state index in [4.69, 9.17) is 0 Å². The molecule has 4 heteroatoms. The van der Waals surface area contributed by atoms with Crippen LogP contribution in [0.3, 0.4) is 0 Å². The first-order valence-electron chi connectivity index (χ1n) is 8.15. The molecule has 2 heterocycles. The third-order valence-corrected chi connectivity index (χ3v) is 5.16. The second kappa shape index (κ2) is 5.52. The first-order valence-corrected chi connectivity index (χ1v) is 8.15. The van der Waals surface area contributed by atoms with Crippen molar-refractivity contribution in [3.8, 4) is 0 Å². The molecule has 0 aliphatic carbocycles. The van der Waals surface area contributed by atoms with Crippen LogP contribution < -0.4 is 0 Å². The van der Waals surface area contributed by atoms with E-state index in [1.165, 1.54) is 16.7 Å². The number of hydrogen-bond acceptors (Lipinski definition) is 2. The number of aromatic nitrogens is 2. The molecule has 1 amide bonds. The van der Waals surface area contributed by atoms with Gasteiger partial charge in [0.2, 0.25) is 5.91 Å². The predicted molar refractivity (Wildman–Crippen MR) is 91.2 cm³/mol. The van der Waals surface area contributed by atoms with E-state index in [2.05, 4.69) is 44.1 Å². The third-order valence-electron chi connectivity index (χ3n) is 5.16. The van der Waals surface area contributed by atoms with Crippen LogP contribution >= 0.6 is 0 Å². The van der Waals surface area contributed by atoms with Crippen LogP contribution in [0.4, 0.5) is 0 Å². The molecule has 1 aromatic carbocycles. The number of hydrogen-bond donors (Lipinski definition) is 0. The molecule has 0 fully saturated rings. The lowest BCUT2D eigenvalue weighted by Gasteiger charge is -2.44. The lowest BCUT2D eigenvalue weighted by atomic mass is 9.83. The second-order valence-corrected chi connectivity index (χ2v) is 7.24. The Kier molecular flexibility index (Phi) is 3.78. The number of carbonyl (C=O) groups is 1.